The number of anilines is 2. The maximum absolute atomic E-state index is 10.6. The van der Waals surface area contributed by atoms with E-state index in [1.54, 1.807) is 0 Å². The smallest absolute Gasteiger partial charge is 0.224 e. The number of nitrogens with zero attached hydrogens (tertiary/aromatic N) is 2. The maximum Gasteiger partial charge on any atom is 0.224 e. The lowest BCUT2D eigenvalue weighted by Crippen LogP contribution is -2.36. The van der Waals surface area contributed by atoms with Crippen LogP contribution in [0.3, 0.4) is 0 Å². The molecule has 20 heavy (non-hydrogen) atoms. The first-order valence-corrected chi connectivity index (χ1v) is 7.67. The van der Waals surface area contributed by atoms with Crippen molar-refractivity contribution in [1.82, 2.24) is 9.97 Å². The van der Waals surface area contributed by atoms with Crippen molar-refractivity contribution in [3.8, 4) is 0 Å². The number of hydrogen-bond acceptors (Lipinski definition) is 5. The second-order valence-corrected chi connectivity index (χ2v) is 5.74. The second-order valence-electron chi connectivity index (χ2n) is 5.74. The van der Waals surface area contributed by atoms with Crippen LogP contribution in [0.4, 0.5) is 11.8 Å². The first-order chi connectivity index (χ1) is 9.61. The molecule has 5 heteroatoms. The van der Waals surface area contributed by atoms with Crippen LogP contribution in [0.25, 0.3) is 0 Å². The summed E-state index contributed by atoms with van der Waals surface area (Å²) in [6.07, 6.45) is 6.46. The maximum atomic E-state index is 10.6. The Bertz CT molecular complexity index is 428. The minimum Gasteiger partial charge on any atom is -0.388 e. The normalized spacial score (nSPS) is 18.4. The van der Waals surface area contributed by atoms with Crippen molar-refractivity contribution >= 4 is 11.8 Å². The van der Waals surface area contributed by atoms with Crippen LogP contribution in [0.2, 0.25) is 0 Å². The van der Waals surface area contributed by atoms with Crippen LogP contribution >= 0.6 is 0 Å². The number of nitrogens with one attached hydrogen (secondary N) is 2. The van der Waals surface area contributed by atoms with Gasteiger partial charge in [-0.15, -0.1) is 0 Å². The van der Waals surface area contributed by atoms with Gasteiger partial charge in [0.1, 0.15) is 5.82 Å². The van der Waals surface area contributed by atoms with Gasteiger partial charge in [0.05, 0.1) is 5.60 Å². The van der Waals surface area contributed by atoms with Crippen LogP contribution in [0.5, 0.6) is 0 Å². The zero-order chi connectivity index (χ0) is 14.4. The van der Waals surface area contributed by atoms with E-state index >= 15 is 0 Å². The third-order valence-electron chi connectivity index (χ3n) is 3.82. The Morgan fingerprint density at radius 3 is 2.50 bits per heavy atom. The molecule has 112 valence electrons. The van der Waals surface area contributed by atoms with E-state index in [1.165, 1.54) is 12.8 Å². The van der Waals surface area contributed by atoms with E-state index < -0.39 is 5.60 Å². The molecule has 2 rings (SSSR count). The predicted octanol–water partition coefficient (Wildman–Crippen LogP) is 2.71. The van der Waals surface area contributed by atoms with Gasteiger partial charge >= 0.3 is 0 Å². The number of aromatic nitrogens is 2. The van der Waals surface area contributed by atoms with Crippen molar-refractivity contribution in [2.45, 2.75) is 58.0 Å². The van der Waals surface area contributed by atoms with Crippen molar-refractivity contribution in [2.24, 2.45) is 0 Å². The van der Waals surface area contributed by atoms with Crippen LogP contribution in [0.15, 0.2) is 6.07 Å². The zero-order valence-electron chi connectivity index (χ0n) is 12.6. The Labute approximate surface area is 121 Å². The molecule has 1 aliphatic carbocycles. The average Bonchev–Trinajstić information content (AvgIpc) is 2.62. The van der Waals surface area contributed by atoms with E-state index in [-0.39, 0.29) is 0 Å². The van der Waals surface area contributed by atoms with Gasteiger partial charge in [-0.3, -0.25) is 0 Å². The number of aryl methyl sites for hydroxylation is 1. The zero-order valence-corrected chi connectivity index (χ0v) is 12.6. The van der Waals surface area contributed by atoms with E-state index in [0.29, 0.717) is 12.5 Å². The summed E-state index contributed by atoms with van der Waals surface area (Å²) in [5, 5.41) is 17.0. The summed E-state index contributed by atoms with van der Waals surface area (Å²) >= 11 is 0. The molecule has 3 N–H and O–H groups in total. The highest BCUT2D eigenvalue weighted by atomic mass is 16.3. The Kier molecular flexibility index (Phi) is 5.17. The molecular weight excluding hydrogens is 252 g/mol. The third-order valence-corrected chi connectivity index (χ3v) is 3.82. The van der Waals surface area contributed by atoms with Crippen LogP contribution in [-0.2, 0) is 0 Å². The van der Waals surface area contributed by atoms with E-state index in [9.17, 15) is 5.11 Å². The minimum atomic E-state index is -0.590. The fraction of sp³-hybridized carbons (Fsp3) is 0.733. The number of rotatable bonds is 5. The Morgan fingerprint density at radius 1 is 1.15 bits per heavy atom. The largest absolute Gasteiger partial charge is 0.388 e. The van der Waals surface area contributed by atoms with E-state index in [2.05, 4.69) is 20.6 Å². The molecule has 1 aromatic heterocycles. The summed E-state index contributed by atoms with van der Waals surface area (Å²) in [5.74, 6) is 1.42. The molecule has 0 radical (unpaired) electrons. The van der Waals surface area contributed by atoms with Gasteiger partial charge in [-0.25, -0.2) is 4.98 Å². The first-order valence-electron chi connectivity index (χ1n) is 7.67. The summed E-state index contributed by atoms with van der Waals surface area (Å²) < 4.78 is 0. The fourth-order valence-corrected chi connectivity index (χ4v) is 2.71. The molecule has 0 spiro atoms. The predicted molar refractivity (Wildman–Crippen MR) is 82.1 cm³/mol. The second kappa shape index (κ2) is 6.88. The standard InChI is InChI=1S/C15H26N4O/c1-3-16-14-18-12(2)10-13(19-14)17-11-15(20)8-6-4-5-7-9-15/h10,20H,3-9,11H2,1-2H3,(H2,16,17,18,19). The summed E-state index contributed by atoms with van der Waals surface area (Å²) in [5.41, 5.74) is 0.333. The number of aliphatic hydroxyl groups is 1. The molecule has 0 aromatic carbocycles. The molecule has 1 heterocycles. The third kappa shape index (κ3) is 4.34. The van der Waals surface area contributed by atoms with Gasteiger partial charge in [0.15, 0.2) is 0 Å². The Morgan fingerprint density at radius 2 is 1.85 bits per heavy atom. The quantitative estimate of drug-likeness (QED) is 0.722. The van der Waals surface area contributed by atoms with Crippen molar-refractivity contribution in [1.29, 1.82) is 0 Å². The number of hydrogen-bond donors (Lipinski definition) is 3. The lowest BCUT2D eigenvalue weighted by atomic mass is 9.94. The van der Waals surface area contributed by atoms with Crippen LogP contribution < -0.4 is 10.6 Å². The fourth-order valence-electron chi connectivity index (χ4n) is 2.71. The summed E-state index contributed by atoms with van der Waals surface area (Å²) in [7, 11) is 0. The lowest BCUT2D eigenvalue weighted by Gasteiger charge is -2.27. The molecule has 1 saturated carbocycles. The molecule has 0 unspecified atom stereocenters. The van der Waals surface area contributed by atoms with Gasteiger partial charge in [0, 0.05) is 24.8 Å². The molecule has 1 aromatic rings. The summed E-state index contributed by atoms with van der Waals surface area (Å²) in [6.45, 7) is 5.34. The molecule has 0 saturated heterocycles. The van der Waals surface area contributed by atoms with Crippen molar-refractivity contribution in [3.63, 3.8) is 0 Å². The highest BCUT2D eigenvalue weighted by molar-refractivity contribution is 5.42. The van der Waals surface area contributed by atoms with Crippen molar-refractivity contribution in [3.05, 3.63) is 11.8 Å². The van der Waals surface area contributed by atoms with Crippen molar-refractivity contribution < 1.29 is 5.11 Å². The monoisotopic (exact) mass is 278 g/mol. The summed E-state index contributed by atoms with van der Waals surface area (Å²) in [4.78, 5) is 8.74. The van der Waals surface area contributed by atoms with Gasteiger partial charge in [0.25, 0.3) is 0 Å². The molecule has 0 atom stereocenters. The lowest BCUT2D eigenvalue weighted by molar-refractivity contribution is 0.0380. The van der Waals surface area contributed by atoms with E-state index in [4.69, 9.17) is 0 Å². The van der Waals surface area contributed by atoms with Gasteiger partial charge in [-0.05, 0) is 26.7 Å². The SMILES string of the molecule is CCNc1nc(C)cc(NCC2(O)CCCCCC2)n1. The van der Waals surface area contributed by atoms with Crippen LogP contribution in [0, 0.1) is 6.92 Å². The van der Waals surface area contributed by atoms with Gasteiger partial charge in [-0.2, -0.15) is 4.98 Å². The minimum absolute atomic E-state index is 0.565. The Hall–Kier alpha value is -1.36. The summed E-state index contributed by atoms with van der Waals surface area (Å²) in [6, 6.07) is 1.92. The van der Waals surface area contributed by atoms with Crippen molar-refractivity contribution in [2.75, 3.05) is 23.7 Å². The topological polar surface area (TPSA) is 70.1 Å². The molecular formula is C15H26N4O. The van der Waals surface area contributed by atoms with Gasteiger partial charge in [0.2, 0.25) is 5.95 Å². The molecule has 5 nitrogen and oxygen atoms in total. The highest BCUT2D eigenvalue weighted by Crippen LogP contribution is 2.27. The molecule has 0 bridgehead atoms. The molecule has 0 amide bonds. The highest BCUT2D eigenvalue weighted by Gasteiger charge is 2.27. The molecule has 1 fully saturated rings. The van der Waals surface area contributed by atoms with Gasteiger partial charge in [-0.1, -0.05) is 25.7 Å². The van der Waals surface area contributed by atoms with Gasteiger partial charge < -0.3 is 15.7 Å². The Balaban J connectivity index is 1.98. The molecule has 1 aliphatic rings. The van der Waals surface area contributed by atoms with E-state index in [0.717, 1.165) is 43.7 Å². The molecule has 0 aliphatic heterocycles. The van der Waals surface area contributed by atoms with Crippen LogP contribution in [0.1, 0.15) is 51.1 Å². The average molecular weight is 278 g/mol. The first kappa shape index (κ1) is 15.0. The van der Waals surface area contributed by atoms with E-state index in [1.807, 2.05) is 19.9 Å². The van der Waals surface area contributed by atoms with Crippen LogP contribution in [-0.4, -0.2) is 33.8 Å².